The summed E-state index contributed by atoms with van der Waals surface area (Å²) in [6, 6.07) is 0. The molecule has 3 nitrogen and oxygen atoms in total. The second-order valence-electron chi connectivity index (χ2n) is 1.32. The van der Waals surface area contributed by atoms with Gasteiger partial charge in [0.1, 0.15) is 0 Å². The minimum Gasteiger partial charge on any atom is -0.784 e. The maximum absolute atomic E-state index is 8.44. The first-order chi connectivity index (χ1) is 5.15. The minimum absolute atomic E-state index is 0. The summed E-state index contributed by atoms with van der Waals surface area (Å²) in [5.74, 6) is 2.07. The molecule has 7 heteroatoms. The first-order valence-electron chi connectivity index (χ1n) is 2.71. The van der Waals surface area contributed by atoms with E-state index in [-0.39, 0.29) is 59.1 Å². The van der Waals surface area contributed by atoms with Gasteiger partial charge in [0, 0.05) is 11.5 Å². The Balaban J connectivity index is -0.0000000600. The van der Waals surface area contributed by atoms with E-state index in [9.17, 15) is 0 Å². The van der Waals surface area contributed by atoms with E-state index in [1.54, 1.807) is 0 Å². The first-order valence-corrected chi connectivity index (χ1v) is 4.87. The molecule has 0 bridgehead atoms. The van der Waals surface area contributed by atoms with E-state index in [1.807, 2.05) is 23.9 Å². The number of rotatable bonds is 4. The molecule has 0 radical (unpaired) electrons. The Kier molecular flexibility index (Phi) is 44.0. The topological polar surface area (TPSA) is 63.2 Å². The molecule has 0 saturated carbocycles. The molecule has 0 amide bonds. The van der Waals surface area contributed by atoms with Gasteiger partial charge < -0.3 is 9.11 Å². The minimum atomic E-state index is -3.11. The van der Waals surface area contributed by atoms with Gasteiger partial charge in [-0.1, -0.05) is 12.2 Å². The fourth-order valence-electron chi connectivity index (χ4n) is 0.235. The summed E-state index contributed by atoms with van der Waals surface area (Å²) in [6.45, 7) is 7.15. The third-order valence-electron chi connectivity index (χ3n) is 0.471. The van der Waals surface area contributed by atoms with E-state index in [2.05, 4.69) is 13.2 Å². The second kappa shape index (κ2) is 23.6. The van der Waals surface area contributed by atoms with Crippen LogP contribution in [0.5, 0.6) is 0 Å². The molecule has 0 aliphatic heterocycles. The largest absolute Gasteiger partial charge is 1.00 e. The van der Waals surface area contributed by atoms with E-state index >= 15 is 0 Å². The van der Waals surface area contributed by atoms with E-state index in [0.29, 0.717) is 0 Å². The molecule has 0 atom stereocenters. The van der Waals surface area contributed by atoms with Crippen LogP contribution in [0.2, 0.25) is 0 Å². The van der Waals surface area contributed by atoms with Crippen molar-refractivity contribution in [1.82, 2.24) is 0 Å². The van der Waals surface area contributed by atoms with Gasteiger partial charge in [0.15, 0.2) is 0 Å². The van der Waals surface area contributed by atoms with Gasteiger partial charge in [0.05, 0.1) is 0 Å². The summed E-state index contributed by atoms with van der Waals surface area (Å²) in [5, 5.41) is 0. The Hall–Kier alpha value is 1.90. The Morgan fingerprint density at radius 2 is 1.38 bits per heavy atom. The van der Waals surface area contributed by atoms with Crippen LogP contribution in [0.15, 0.2) is 25.3 Å². The van der Waals surface area contributed by atoms with Crippen molar-refractivity contribution in [2.75, 3.05) is 11.5 Å². The van der Waals surface area contributed by atoms with Crippen molar-refractivity contribution in [3.8, 4) is 0 Å². The normalized spacial score (nSPS) is 7.00. The van der Waals surface area contributed by atoms with Crippen molar-refractivity contribution in [1.29, 1.82) is 0 Å². The number of hydrogen-bond donors (Lipinski definition) is 0. The summed E-state index contributed by atoms with van der Waals surface area (Å²) in [5.41, 5.74) is 0. The third kappa shape index (κ3) is 56.5. The summed E-state index contributed by atoms with van der Waals surface area (Å²) >= 11 is -1.29. The molecule has 0 aromatic carbocycles. The van der Waals surface area contributed by atoms with Crippen LogP contribution in [0.25, 0.3) is 0 Å². The predicted octanol–water partition coefficient (Wildman–Crippen LogP) is -4.90. The van der Waals surface area contributed by atoms with Crippen molar-refractivity contribution in [3.63, 3.8) is 0 Å². The Labute approximate surface area is 131 Å². The Bertz CT molecular complexity index is 121. The molecule has 0 aromatic heterocycles. The van der Waals surface area contributed by atoms with Gasteiger partial charge in [-0.25, -0.2) is 0 Å². The average Bonchev–Trinajstić information content (AvgIpc) is 1.88. The third-order valence-corrected chi connectivity index (χ3v) is 1.41. The first kappa shape index (κ1) is 24.2. The Morgan fingerprint density at radius 3 is 1.54 bits per heavy atom. The van der Waals surface area contributed by atoms with Crippen LogP contribution in [0, 0.1) is 0 Å². The SMILES string of the molecule is C=CCSCC=C.O=S([O-])[O-].[Na+].[Na+]. The van der Waals surface area contributed by atoms with Crippen LogP contribution in [0.3, 0.4) is 0 Å². The zero-order chi connectivity index (χ0) is 9.11. The van der Waals surface area contributed by atoms with Crippen LogP contribution in [-0.2, 0) is 11.4 Å². The van der Waals surface area contributed by atoms with Gasteiger partial charge in [-0.3, -0.25) is 4.21 Å². The number of hydrogen-bond acceptors (Lipinski definition) is 4. The van der Waals surface area contributed by atoms with Gasteiger partial charge in [-0.05, 0) is 0 Å². The average molecular weight is 240 g/mol. The van der Waals surface area contributed by atoms with E-state index in [1.165, 1.54) is 0 Å². The van der Waals surface area contributed by atoms with Crippen LogP contribution in [0.4, 0.5) is 0 Å². The van der Waals surface area contributed by atoms with Gasteiger partial charge in [-0.2, -0.15) is 11.8 Å². The fourth-order valence-corrected chi connectivity index (χ4v) is 0.704. The summed E-state index contributed by atoms with van der Waals surface area (Å²) < 4.78 is 25.3. The van der Waals surface area contributed by atoms with Gasteiger partial charge in [-0.15, -0.1) is 24.5 Å². The van der Waals surface area contributed by atoms with Crippen LogP contribution in [0.1, 0.15) is 0 Å². The molecule has 0 unspecified atom stereocenters. The zero-order valence-electron chi connectivity index (χ0n) is 8.02. The predicted molar refractivity (Wildman–Crippen MR) is 47.4 cm³/mol. The van der Waals surface area contributed by atoms with Crippen molar-refractivity contribution in [2.24, 2.45) is 0 Å². The molecule has 66 valence electrons. The maximum Gasteiger partial charge on any atom is 1.00 e. The number of thioether (sulfide) groups is 1. The quantitative estimate of drug-likeness (QED) is 0.214. The van der Waals surface area contributed by atoms with Crippen molar-refractivity contribution in [3.05, 3.63) is 25.3 Å². The molecule has 13 heavy (non-hydrogen) atoms. The molecule has 0 aromatic rings. The fraction of sp³-hybridized carbons (Fsp3) is 0.333. The summed E-state index contributed by atoms with van der Waals surface area (Å²) in [7, 11) is 0. The molecule has 0 N–H and O–H groups in total. The molecule has 0 aliphatic carbocycles. The molecule has 0 fully saturated rings. The van der Waals surface area contributed by atoms with E-state index < -0.39 is 11.4 Å². The monoisotopic (exact) mass is 240 g/mol. The maximum atomic E-state index is 8.44. The van der Waals surface area contributed by atoms with Gasteiger partial charge in [0.2, 0.25) is 0 Å². The van der Waals surface area contributed by atoms with Crippen molar-refractivity contribution in [2.45, 2.75) is 0 Å². The zero-order valence-corrected chi connectivity index (χ0v) is 13.7. The molecule has 0 heterocycles. The molecular formula is C6H10Na2O3S2. The standard InChI is InChI=1S/C6H10S.2Na.H2O3S/c1-3-5-7-6-4-2;;;1-4(2)3/h3-4H,1-2,5-6H2;;;(H2,1,2,3)/q;2*+1;/p-2. The molecular weight excluding hydrogens is 230 g/mol. The molecule has 0 spiro atoms. The van der Waals surface area contributed by atoms with Crippen LogP contribution in [-0.4, -0.2) is 24.8 Å². The van der Waals surface area contributed by atoms with E-state index in [0.717, 1.165) is 11.5 Å². The molecule has 0 saturated heterocycles. The van der Waals surface area contributed by atoms with Crippen LogP contribution >= 0.6 is 11.8 Å². The summed E-state index contributed by atoms with van der Waals surface area (Å²) in [4.78, 5) is 0. The smallest absolute Gasteiger partial charge is 0.784 e. The van der Waals surface area contributed by atoms with Gasteiger partial charge in [0.25, 0.3) is 0 Å². The summed E-state index contributed by atoms with van der Waals surface area (Å²) in [6.07, 6.45) is 3.79. The van der Waals surface area contributed by atoms with E-state index in [4.69, 9.17) is 13.3 Å². The second-order valence-corrected chi connectivity index (χ2v) is 2.80. The van der Waals surface area contributed by atoms with Gasteiger partial charge >= 0.3 is 59.1 Å². The molecule has 0 rings (SSSR count). The van der Waals surface area contributed by atoms with Crippen molar-refractivity contribution >= 4 is 23.1 Å². The molecule has 0 aliphatic rings. The Morgan fingerprint density at radius 1 is 1.15 bits per heavy atom. The van der Waals surface area contributed by atoms with Crippen molar-refractivity contribution < 1.29 is 72.4 Å². The van der Waals surface area contributed by atoms with Crippen LogP contribution < -0.4 is 59.1 Å².